The molecule has 0 aromatic carbocycles. The fourth-order valence-electron chi connectivity index (χ4n) is 1.98. The summed E-state index contributed by atoms with van der Waals surface area (Å²) >= 11 is 5.95. The Morgan fingerprint density at radius 1 is 1.76 bits per heavy atom. The van der Waals surface area contributed by atoms with Crippen molar-refractivity contribution in [2.24, 2.45) is 13.0 Å². The maximum Gasteiger partial charge on any atom is 0.275 e. The Morgan fingerprint density at radius 3 is 3.06 bits per heavy atom. The molecular formula is C11H16ClN3O2. The summed E-state index contributed by atoms with van der Waals surface area (Å²) < 4.78 is 6.83. The third-order valence-corrected chi connectivity index (χ3v) is 3.17. The molecule has 1 atom stereocenters. The number of aromatic nitrogens is 2. The Morgan fingerprint density at radius 2 is 2.53 bits per heavy atom. The number of carbonyl (C=O) groups is 1. The van der Waals surface area contributed by atoms with Gasteiger partial charge in [0.05, 0.1) is 11.6 Å². The van der Waals surface area contributed by atoms with Gasteiger partial charge < -0.3 is 9.64 Å². The van der Waals surface area contributed by atoms with E-state index in [1.165, 1.54) is 0 Å². The van der Waals surface area contributed by atoms with Crippen LogP contribution in [0.5, 0.6) is 0 Å². The minimum absolute atomic E-state index is 0.137. The molecule has 1 fully saturated rings. The number of ether oxygens (including phenoxy) is 1. The summed E-state index contributed by atoms with van der Waals surface area (Å²) in [6, 6.07) is 0. The van der Waals surface area contributed by atoms with E-state index in [2.05, 4.69) is 5.10 Å². The van der Waals surface area contributed by atoms with E-state index in [9.17, 15) is 4.79 Å². The number of hydrogen-bond donors (Lipinski definition) is 0. The van der Waals surface area contributed by atoms with Crippen molar-refractivity contribution in [3.05, 3.63) is 16.9 Å². The molecule has 0 saturated carbocycles. The minimum atomic E-state index is -0.137. The lowest BCUT2D eigenvalue weighted by atomic mass is 10.1. The summed E-state index contributed by atoms with van der Waals surface area (Å²) in [5.74, 6) is 0.286. The van der Waals surface area contributed by atoms with Crippen LogP contribution in [0, 0.1) is 5.92 Å². The van der Waals surface area contributed by atoms with Crippen LogP contribution in [-0.2, 0) is 11.8 Å². The number of nitrogens with zero attached hydrogens (tertiary/aromatic N) is 3. The first-order valence-electron chi connectivity index (χ1n) is 5.60. The molecule has 0 bridgehead atoms. The highest BCUT2D eigenvalue weighted by atomic mass is 35.5. The first-order chi connectivity index (χ1) is 8.08. The van der Waals surface area contributed by atoms with E-state index >= 15 is 0 Å². The third kappa shape index (κ3) is 2.79. The van der Waals surface area contributed by atoms with Crippen LogP contribution in [0.2, 0.25) is 5.02 Å². The van der Waals surface area contributed by atoms with Crippen LogP contribution in [0.4, 0.5) is 0 Å². The summed E-state index contributed by atoms with van der Waals surface area (Å²) in [7, 11) is 3.51. The van der Waals surface area contributed by atoms with Crippen LogP contribution >= 0.6 is 11.6 Å². The van der Waals surface area contributed by atoms with Crippen molar-refractivity contribution in [3.63, 3.8) is 0 Å². The average Bonchev–Trinajstić information content (AvgIpc) is 2.87. The van der Waals surface area contributed by atoms with Gasteiger partial charge in [-0.05, 0) is 6.42 Å². The predicted octanol–water partition coefficient (Wildman–Crippen LogP) is 1.18. The first-order valence-corrected chi connectivity index (χ1v) is 5.98. The summed E-state index contributed by atoms with van der Waals surface area (Å²) in [6.07, 6.45) is 2.63. The zero-order chi connectivity index (χ0) is 12.4. The van der Waals surface area contributed by atoms with Crippen molar-refractivity contribution in [2.75, 3.05) is 26.8 Å². The van der Waals surface area contributed by atoms with Gasteiger partial charge in [-0.25, -0.2) is 0 Å². The Balaban J connectivity index is 2.01. The van der Waals surface area contributed by atoms with E-state index in [4.69, 9.17) is 16.3 Å². The fraction of sp³-hybridized carbons (Fsp3) is 0.636. The molecule has 0 aliphatic carbocycles. The highest BCUT2D eigenvalue weighted by molar-refractivity contribution is 6.33. The highest BCUT2D eigenvalue weighted by Gasteiger charge is 2.23. The zero-order valence-corrected chi connectivity index (χ0v) is 10.8. The van der Waals surface area contributed by atoms with E-state index in [1.807, 2.05) is 0 Å². The number of carbonyl (C=O) groups excluding carboxylic acids is 1. The van der Waals surface area contributed by atoms with Crippen LogP contribution in [0.15, 0.2) is 6.20 Å². The normalized spacial score (nSPS) is 19.6. The lowest BCUT2D eigenvalue weighted by molar-refractivity contribution is 0.0759. The van der Waals surface area contributed by atoms with Gasteiger partial charge in [0.25, 0.3) is 5.91 Å². The van der Waals surface area contributed by atoms with Gasteiger partial charge >= 0.3 is 0 Å². The molecule has 0 N–H and O–H groups in total. The van der Waals surface area contributed by atoms with Crippen LogP contribution in [0.1, 0.15) is 16.9 Å². The molecule has 1 aromatic rings. The largest absolute Gasteiger partial charge is 0.381 e. The molecule has 0 spiro atoms. The van der Waals surface area contributed by atoms with Gasteiger partial charge in [-0.15, -0.1) is 0 Å². The molecule has 1 aromatic heterocycles. The second kappa shape index (κ2) is 5.06. The van der Waals surface area contributed by atoms with Gasteiger partial charge in [-0.3, -0.25) is 9.48 Å². The van der Waals surface area contributed by atoms with Gasteiger partial charge in [-0.1, -0.05) is 11.6 Å². The van der Waals surface area contributed by atoms with E-state index < -0.39 is 0 Å². The third-order valence-electron chi connectivity index (χ3n) is 2.89. The lowest BCUT2D eigenvalue weighted by Gasteiger charge is -2.19. The molecule has 5 nitrogen and oxygen atoms in total. The predicted molar refractivity (Wildman–Crippen MR) is 64.1 cm³/mol. The summed E-state index contributed by atoms with van der Waals surface area (Å²) in [6.45, 7) is 2.20. The summed E-state index contributed by atoms with van der Waals surface area (Å²) in [5, 5.41) is 4.46. The van der Waals surface area contributed by atoms with Crippen LogP contribution in [0.25, 0.3) is 0 Å². The van der Waals surface area contributed by atoms with E-state index in [1.54, 1.807) is 29.9 Å². The topological polar surface area (TPSA) is 47.4 Å². The summed E-state index contributed by atoms with van der Waals surface area (Å²) in [4.78, 5) is 13.8. The van der Waals surface area contributed by atoms with Gasteiger partial charge in [-0.2, -0.15) is 5.10 Å². The van der Waals surface area contributed by atoms with E-state index in [0.717, 1.165) is 19.6 Å². The van der Waals surface area contributed by atoms with Crippen LogP contribution < -0.4 is 0 Å². The van der Waals surface area contributed by atoms with E-state index in [0.29, 0.717) is 23.2 Å². The van der Waals surface area contributed by atoms with Crippen molar-refractivity contribution in [1.82, 2.24) is 14.7 Å². The maximum absolute atomic E-state index is 12.1. The van der Waals surface area contributed by atoms with Crippen molar-refractivity contribution in [3.8, 4) is 0 Å². The standard InChI is InChI=1S/C11H16ClN3O2/c1-14(5-8-3-4-17-7-8)11(16)10-9(12)6-15(2)13-10/h6,8H,3-5,7H2,1-2H3. The van der Waals surface area contributed by atoms with Crippen LogP contribution in [0.3, 0.4) is 0 Å². The molecular weight excluding hydrogens is 242 g/mol. The number of rotatable bonds is 3. The molecule has 1 amide bonds. The average molecular weight is 258 g/mol. The molecule has 1 aliphatic heterocycles. The SMILES string of the molecule is CN(CC1CCOC1)C(=O)c1nn(C)cc1Cl. The van der Waals surface area contributed by atoms with Gasteiger partial charge in [0.2, 0.25) is 0 Å². The van der Waals surface area contributed by atoms with Gasteiger partial charge in [0, 0.05) is 39.4 Å². The van der Waals surface area contributed by atoms with Crippen molar-refractivity contribution in [1.29, 1.82) is 0 Å². The maximum atomic E-state index is 12.1. The smallest absolute Gasteiger partial charge is 0.275 e. The zero-order valence-electron chi connectivity index (χ0n) is 10.0. The molecule has 17 heavy (non-hydrogen) atoms. The number of aryl methyl sites for hydroxylation is 1. The first kappa shape index (κ1) is 12.4. The Labute approximate surface area is 105 Å². The minimum Gasteiger partial charge on any atom is -0.381 e. The highest BCUT2D eigenvalue weighted by Crippen LogP contribution is 2.18. The van der Waals surface area contributed by atoms with E-state index in [-0.39, 0.29) is 5.91 Å². The number of halogens is 1. The van der Waals surface area contributed by atoms with Crippen molar-refractivity contribution in [2.45, 2.75) is 6.42 Å². The molecule has 0 radical (unpaired) electrons. The molecule has 2 heterocycles. The quantitative estimate of drug-likeness (QED) is 0.817. The summed E-state index contributed by atoms with van der Waals surface area (Å²) in [5.41, 5.74) is 0.315. The molecule has 1 unspecified atom stereocenters. The lowest BCUT2D eigenvalue weighted by Crippen LogP contribution is -2.32. The Bertz CT molecular complexity index is 413. The molecule has 6 heteroatoms. The second-order valence-electron chi connectivity index (χ2n) is 4.41. The molecule has 2 rings (SSSR count). The van der Waals surface area contributed by atoms with Gasteiger partial charge in [0.15, 0.2) is 5.69 Å². The monoisotopic (exact) mass is 257 g/mol. The molecule has 94 valence electrons. The second-order valence-corrected chi connectivity index (χ2v) is 4.82. The number of amides is 1. The molecule has 1 aliphatic rings. The fourth-order valence-corrected chi connectivity index (χ4v) is 2.24. The van der Waals surface area contributed by atoms with Crippen molar-refractivity contribution < 1.29 is 9.53 Å². The Kier molecular flexibility index (Phi) is 3.69. The van der Waals surface area contributed by atoms with Crippen LogP contribution in [-0.4, -0.2) is 47.4 Å². The Hall–Kier alpha value is -1.07. The van der Waals surface area contributed by atoms with Gasteiger partial charge in [0.1, 0.15) is 0 Å². The molecule has 1 saturated heterocycles. The van der Waals surface area contributed by atoms with Crippen molar-refractivity contribution >= 4 is 17.5 Å². The number of hydrogen-bond acceptors (Lipinski definition) is 3.